The number of carbonyl (C=O) groups excluding carboxylic acids is 1. The molecule has 1 amide bonds. The van der Waals surface area contributed by atoms with Crippen LogP contribution in [0.15, 0.2) is 18.2 Å². The number of carboxylic acid groups (broad SMARTS) is 1. The number of hydrogen-bond acceptors (Lipinski definition) is 4. The van der Waals surface area contributed by atoms with E-state index in [-0.39, 0.29) is 5.56 Å². The zero-order valence-corrected chi connectivity index (χ0v) is 15.9. The standard InChI is InChI=1S/C20H25FN2O4/c1-19(2,3)27-18(26)23-10-8-20(9-11-23,17(24)25)7-6-14-4-5-16(21)15(12-14)13-22/h4-5,12H,6-11H2,1-3H3,(H,24,25). The number of carboxylic acids is 1. The highest BCUT2D eigenvalue weighted by Crippen LogP contribution is 2.37. The van der Waals surface area contributed by atoms with Gasteiger partial charge in [-0.25, -0.2) is 9.18 Å². The van der Waals surface area contributed by atoms with Gasteiger partial charge in [-0.1, -0.05) is 6.07 Å². The zero-order valence-electron chi connectivity index (χ0n) is 15.9. The van der Waals surface area contributed by atoms with Crippen molar-refractivity contribution in [3.05, 3.63) is 35.1 Å². The minimum atomic E-state index is -0.945. The van der Waals surface area contributed by atoms with E-state index in [4.69, 9.17) is 10.00 Å². The van der Waals surface area contributed by atoms with Crippen molar-refractivity contribution in [1.29, 1.82) is 5.26 Å². The minimum absolute atomic E-state index is 0.0448. The van der Waals surface area contributed by atoms with Crippen LogP contribution < -0.4 is 0 Å². The Bertz CT molecular complexity index is 756. The van der Waals surface area contributed by atoms with E-state index in [0.29, 0.717) is 38.8 Å². The Labute approximate surface area is 158 Å². The molecular weight excluding hydrogens is 351 g/mol. The second-order valence-electron chi connectivity index (χ2n) is 7.98. The molecule has 1 fully saturated rings. The normalized spacial score (nSPS) is 16.5. The molecule has 0 aliphatic carbocycles. The fourth-order valence-electron chi connectivity index (χ4n) is 3.21. The second kappa shape index (κ2) is 7.95. The summed E-state index contributed by atoms with van der Waals surface area (Å²) in [5, 5.41) is 18.7. The number of ether oxygens (including phenoxy) is 1. The minimum Gasteiger partial charge on any atom is -0.481 e. The lowest BCUT2D eigenvalue weighted by atomic mass is 9.74. The van der Waals surface area contributed by atoms with Crippen LogP contribution in [-0.2, 0) is 16.0 Å². The molecule has 1 aliphatic heterocycles. The number of rotatable bonds is 4. The Morgan fingerprint density at radius 3 is 2.48 bits per heavy atom. The lowest BCUT2D eigenvalue weighted by Gasteiger charge is -2.39. The predicted molar refractivity (Wildman–Crippen MR) is 96.5 cm³/mol. The van der Waals surface area contributed by atoms with Crippen LogP contribution >= 0.6 is 0 Å². The van der Waals surface area contributed by atoms with E-state index in [1.165, 1.54) is 17.0 Å². The molecular formula is C20H25FN2O4. The largest absolute Gasteiger partial charge is 0.481 e. The van der Waals surface area contributed by atoms with E-state index in [9.17, 15) is 19.1 Å². The third-order valence-corrected chi connectivity index (χ3v) is 4.87. The van der Waals surface area contributed by atoms with Crippen molar-refractivity contribution in [3.63, 3.8) is 0 Å². The van der Waals surface area contributed by atoms with E-state index < -0.39 is 28.9 Å². The van der Waals surface area contributed by atoms with Gasteiger partial charge in [0.1, 0.15) is 17.5 Å². The SMILES string of the molecule is CC(C)(C)OC(=O)N1CCC(CCc2ccc(F)c(C#N)c2)(C(=O)O)CC1. The first-order valence-corrected chi connectivity index (χ1v) is 8.96. The Morgan fingerprint density at radius 1 is 1.33 bits per heavy atom. The molecule has 1 aromatic rings. The molecule has 0 unspecified atom stereocenters. The molecule has 2 rings (SSSR count). The van der Waals surface area contributed by atoms with Crippen molar-refractivity contribution in [1.82, 2.24) is 4.90 Å². The predicted octanol–water partition coefficient (Wildman–Crippen LogP) is 3.73. The molecule has 0 aromatic heterocycles. The van der Waals surface area contributed by atoms with Gasteiger partial charge in [0, 0.05) is 13.1 Å². The summed E-state index contributed by atoms with van der Waals surface area (Å²) in [5.41, 5.74) is -0.862. The summed E-state index contributed by atoms with van der Waals surface area (Å²) >= 11 is 0. The topological polar surface area (TPSA) is 90.6 Å². The van der Waals surface area contributed by atoms with Gasteiger partial charge in [-0.05, 0) is 64.2 Å². The van der Waals surface area contributed by atoms with Gasteiger partial charge in [-0.3, -0.25) is 4.79 Å². The lowest BCUT2D eigenvalue weighted by molar-refractivity contribution is -0.152. The molecule has 0 atom stereocenters. The second-order valence-corrected chi connectivity index (χ2v) is 7.98. The molecule has 6 nitrogen and oxygen atoms in total. The molecule has 1 aliphatic rings. The van der Waals surface area contributed by atoms with Crippen LogP contribution in [-0.4, -0.2) is 40.8 Å². The average molecular weight is 376 g/mol. The van der Waals surface area contributed by atoms with Gasteiger partial charge in [0.25, 0.3) is 0 Å². The molecule has 7 heteroatoms. The molecule has 0 bridgehead atoms. The van der Waals surface area contributed by atoms with Gasteiger partial charge in [0.15, 0.2) is 0 Å². The van der Waals surface area contributed by atoms with Gasteiger partial charge in [0.05, 0.1) is 11.0 Å². The van der Waals surface area contributed by atoms with Crippen molar-refractivity contribution in [2.75, 3.05) is 13.1 Å². The number of hydrogen-bond donors (Lipinski definition) is 1. The highest BCUT2D eigenvalue weighted by Gasteiger charge is 2.42. The highest BCUT2D eigenvalue weighted by molar-refractivity contribution is 5.75. The third kappa shape index (κ3) is 5.19. The summed E-state index contributed by atoms with van der Waals surface area (Å²) in [6, 6.07) is 6.05. The van der Waals surface area contributed by atoms with Crippen molar-refractivity contribution in [3.8, 4) is 6.07 Å². The Kier molecular flexibility index (Phi) is 6.09. The summed E-state index contributed by atoms with van der Waals surface area (Å²) in [6.45, 7) is 5.99. The van der Waals surface area contributed by atoms with Gasteiger partial charge in [0.2, 0.25) is 0 Å². The molecule has 0 spiro atoms. The van der Waals surface area contributed by atoms with Crippen LogP contribution in [0.3, 0.4) is 0 Å². The Balaban J connectivity index is 2.03. The van der Waals surface area contributed by atoms with Crippen LogP contribution in [0.4, 0.5) is 9.18 Å². The number of aryl methyl sites for hydroxylation is 1. The van der Waals surface area contributed by atoms with E-state index in [1.807, 2.05) is 0 Å². The first-order valence-electron chi connectivity index (χ1n) is 8.96. The molecule has 1 heterocycles. The summed E-state index contributed by atoms with van der Waals surface area (Å²) in [5.74, 6) is -1.48. The summed E-state index contributed by atoms with van der Waals surface area (Å²) < 4.78 is 18.8. The number of amides is 1. The summed E-state index contributed by atoms with van der Waals surface area (Å²) in [4.78, 5) is 25.6. The average Bonchev–Trinajstić information content (AvgIpc) is 2.59. The quantitative estimate of drug-likeness (QED) is 0.865. The third-order valence-electron chi connectivity index (χ3n) is 4.87. The first kappa shape index (κ1) is 20.7. The number of nitriles is 1. The number of nitrogens with zero attached hydrogens (tertiary/aromatic N) is 2. The Hall–Kier alpha value is -2.62. The molecule has 0 saturated carbocycles. The first-order chi connectivity index (χ1) is 12.6. The van der Waals surface area contributed by atoms with Gasteiger partial charge < -0.3 is 14.7 Å². The smallest absolute Gasteiger partial charge is 0.410 e. The molecule has 1 N–H and O–H groups in total. The van der Waals surface area contributed by atoms with E-state index >= 15 is 0 Å². The molecule has 1 saturated heterocycles. The number of halogens is 1. The lowest BCUT2D eigenvalue weighted by Crippen LogP contribution is -2.48. The molecule has 146 valence electrons. The fourth-order valence-corrected chi connectivity index (χ4v) is 3.21. The maximum Gasteiger partial charge on any atom is 0.410 e. The van der Waals surface area contributed by atoms with Gasteiger partial charge in [-0.15, -0.1) is 0 Å². The molecule has 1 aromatic carbocycles. The van der Waals surface area contributed by atoms with Crippen LogP contribution in [0.5, 0.6) is 0 Å². The number of benzene rings is 1. The molecule has 27 heavy (non-hydrogen) atoms. The zero-order chi connectivity index (χ0) is 20.2. The number of carbonyl (C=O) groups is 2. The maximum atomic E-state index is 13.4. The highest BCUT2D eigenvalue weighted by atomic mass is 19.1. The summed E-state index contributed by atoms with van der Waals surface area (Å²) in [7, 11) is 0. The van der Waals surface area contributed by atoms with Gasteiger partial charge in [-0.2, -0.15) is 5.26 Å². The van der Waals surface area contributed by atoms with E-state index in [0.717, 1.165) is 5.56 Å². The number of likely N-dealkylation sites (tertiary alicyclic amines) is 1. The van der Waals surface area contributed by atoms with Gasteiger partial charge >= 0.3 is 12.1 Å². The van der Waals surface area contributed by atoms with Crippen LogP contribution in [0.2, 0.25) is 0 Å². The number of aliphatic carboxylic acids is 1. The van der Waals surface area contributed by atoms with Crippen LogP contribution in [0.1, 0.15) is 51.2 Å². The van der Waals surface area contributed by atoms with Crippen molar-refractivity contribution < 1.29 is 23.8 Å². The fraction of sp³-hybridized carbons (Fsp3) is 0.550. The number of piperidine rings is 1. The van der Waals surface area contributed by atoms with Crippen LogP contribution in [0.25, 0.3) is 0 Å². The van der Waals surface area contributed by atoms with E-state index in [2.05, 4.69) is 0 Å². The van der Waals surface area contributed by atoms with Crippen molar-refractivity contribution >= 4 is 12.1 Å². The Morgan fingerprint density at radius 2 is 1.96 bits per heavy atom. The van der Waals surface area contributed by atoms with E-state index in [1.54, 1.807) is 32.9 Å². The van der Waals surface area contributed by atoms with Crippen LogP contribution in [0, 0.1) is 22.6 Å². The van der Waals surface area contributed by atoms with Crippen molar-refractivity contribution in [2.24, 2.45) is 5.41 Å². The monoisotopic (exact) mass is 376 g/mol. The van der Waals surface area contributed by atoms with Crippen molar-refractivity contribution in [2.45, 2.75) is 52.1 Å². The molecule has 0 radical (unpaired) electrons. The summed E-state index contributed by atoms with van der Waals surface area (Å²) in [6.07, 6.45) is 1.01. The maximum absolute atomic E-state index is 13.4.